The van der Waals surface area contributed by atoms with Crippen LogP contribution in [0.3, 0.4) is 0 Å². The first kappa shape index (κ1) is 19.0. The summed E-state index contributed by atoms with van der Waals surface area (Å²) in [6.07, 6.45) is 7.70. The minimum atomic E-state index is 0.530. The van der Waals surface area contributed by atoms with Crippen LogP contribution in [-0.2, 0) is 0 Å². The number of piperidine rings is 1. The van der Waals surface area contributed by atoms with Gasteiger partial charge in [0, 0.05) is 24.7 Å². The van der Waals surface area contributed by atoms with Gasteiger partial charge in [-0.3, -0.25) is 0 Å². The van der Waals surface area contributed by atoms with Crippen molar-refractivity contribution in [3.05, 3.63) is 40.4 Å². The Labute approximate surface area is 171 Å². The predicted molar refractivity (Wildman–Crippen MR) is 113 cm³/mol. The van der Waals surface area contributed by atoms with Crippen LogP contribution in [0, 0.1) is 0 Å². The molecular weight excluding hydrogens is 379 g/mol. The first-order valence-corrected chi connectivity index (χ1v) is 10.7. The Kier molecular flexibility index (Phi) is 6.16. The van der Waals surface area contributed by atoms with Crippen LogP contribution in [0.4, 0.5) is 5.82 Å². The van der Waals surface area contributed by atoms with Gasteiger partial charge >= 0.3 is 0 Å². The Morgan fingerprint density at radius 2 is 1.74 bits per heavy atom. The van der Waals surface area contributed by atoms with E-state index < -0.39 is 0 Å². The zero-order valence-electron chi connectivity index (χ0n) is 15.6. The lowest BCUT2D eigenvalue weighted by atomic mass is 9.99. The molecule has 0 amide bonds. The minimum absolute atomic E-state index is 0.530. The molecule has 27 heavy (non-hydrogen) atoms. The van der Waals surface area contributed by atoms with E-state index >= 15 is 0 Å². The van der Waals surface area contributed by atoms with Gasteiger partial charge < -0.3 is 9.80 Å². The number of benzene rings is 1. The van der Waals surface area contributed by atoms with Crippen LogP contribution in [0.15, 0.2) is 30.3 Å². The summed E-state index contributed by atoms with van der Waals surface area (Å²) >= 11 is 12.5. The molecule has 4 rings (SSSR count). The first-order valence-electron chi connectivity index (χ1n) is 9.99. The summed E-state index contributed by atoms with van der Waals surface area (Å²) < 4.78 is 0. The summed E-state index contributed by atoms with van der Waals surface area (Å²) in [5.74, 6) is 0.975. The number of rotatable bonds is 5. The highest BCUT2D eigenvalue weighted by atomic mass is 35.5. The van der Waals surface area contributed by atoms with Gasteiger partial charge in [0.1, 0.15) is 0 Å². The van der Waals surface area contributed by atoms with Crippen LogP contribution in [0.1, 0.15) is 38.5 Å². The van der Waals surface area contributed by atoms with Crippen LogP contribution in [0.5, 0.6) is 0 Å². The summed E-state index contributed by atoms with van der Waals surface area (Å²) in [6.45, 7) is 4.80. The molecule has 144 valence electrons. The smallest absolute Gasteiger partial charge is 0.151 e. The summed E-state index contributed by atoms with van der Waals surface area (Å²) in [5.41, 5.74) is 1.59. The van der Waals surface area contributed by atoms with E-state index in [1.807, 2.05) is 18.2 Å². The SMILES string of the molecule is Clc1cccc(-c2ccc(N3CCCCC3CCN3CCCC3)nn2)c1Cl. The van der Waals surface area contributed by atoms with Crippen LogP contribution in [-0.4, -0.2) is 47.3 Å². The second-order valence-corrected chi connectivity index (χ2v) is 8.34. The second kappa shape index (κ2) is 8.76. The molecule has 6 heteroatoms. The van der Waals surface area contributed by atoms with Crippen molar-refractivity contribution in [2.45, 2.75) is 44.6 Å². The molecule has 1 atom stereocenters. The number of hydrogen-bond donors (Lipinski definition) is 0. The highest BCUT2D eigenvalue weighted by Gasteiger charge is 2.25. The maximum atomic E-state index is 6.33. The summed E-state index contributed by atoms with van der Waals surface area (Å²) in [4.78, 5) is 5.05. The maximum absolute atomic E-state index is 6.33. The fourth-order valence-electron chi connectivity index (χ4n) is 4.26. The quantitative estimate of drug-likeness (QED) is 0.676. The predicted octanol–water partition coefficient (Wildman–Crippen LogP) is 5.30. The van der Waals surface area contributed by atoms with E-state index in [1.54, 1.807) is 6.07 Å². The van der Waals surface area contributed by atoms with E-state index in [1.165, 1.54) is 58.2 Å². The molecule has 2 aliphatic heterocycles. The monoisotopic (exact) mass is 404 g/mol. The van der Waals surface area contributed by atoms with Gasteiger partial charge in [-0.1, -0.05) is 35.3 Å². The number of likely N-dealkylation sites (tertiary alicyclic amines) is 1. The number of aromatic nitrogens is 2. The Morgan fingerprint density at radius 3 is 2.52 bits per heavy atom. The Bertz CT molecular complexity index is 759. The lowest BCUT2D eigenvalue weighted by Gasteiger charge is -2.37. The lowest BCUT2D eigenvalue weighted by Crippen LogP contribution is -2.42. The van der Waals surface area contributed by atoms with Gasteiger partial charge in [-0.25, -0.2) is 0 Å². The lowest BCUT2D eigenvalue weighted by molar-refractivity contribution is 0.304. The Morgan fingerprint density at radius 1 is 0.926 bits per heavy atom. The van der Waals surface area contributed by atoms with Crippen LogP contribution < -0.4 is 4.90 Å². The molecule has 0 N–H and O–H groups in total. The molecule has 0 saturated carbocycles. The summed E-state index contributed by atoms with van der Waals surface area (Å²) in [6, 6.07) is 10.2. The van der Waals surface area contributed by atoms with E-state index in [0.29, 0.717) is 16.1 Å². The van der Waals surface area contributed by atoms with Gasteiger partial charge in [-0.05, 0) is 69.8 Å². The Hall–Kier alpha value is -1.36. The maximum Gasteiger partial charge on any atom is 0.151 e. The molecule has 1 aromatic heterocycles. The van der Waals surface area contributed by atoms with E-state index in [-0.39, 0.29) is 0 Å². The van der Waals surface area contributed by atoms with Crippen LogP contribution in [0.25, 0.3) is 11.3 Å². The van der Waals surface area contributed by atoms with E-state index in [0.717, 1.165) is 23.6 Å². The molecule has 0 aliphatic carbocycles. The third-order valence-corrected chi connectivity index (χ3v) is 6.60. The highest BCUT2D eigenvalue weighted by Crippen LogP contribution is 2.33. The van der Waals surface area contributed by atoms with Crippen molar-refractivity contribution >= 4 is 29.0 Å². The molecule has 0 spiro atoms. The number of hydrogen-bond acceptors (Lipinski definition) is 4. The summed E-state index contributed by atoms with van der Waals surface area (Å²) in [5, 5.41) is 10.1. The topological polar surface area (TPSA) is 32.3 Å². The van der Waals surface area contributed by atoms with E-state index in [2.05, 4.69) is 26.1 Å². The average Bonchev–Trinajstić information content (AvgIpc) is 3.23. The van der Waals surface area contributed by atoms with Crippen molar-refractivity contribution in [1.82, 2.24) is 15.1 Å². The fraction of sp³-hybridized carbons (Fsp3) is 0.524. The largest absolute Gasteiger partial charge is 0.352 e. The average molecular weight is 405 g/mol. The molecular formula is C21H26Cl2N4. The number of anilines is 1. The van der Waals surface area contributed by atoms with Crippen molar-refractivity contribution in [3.8, 4) is 11.3 Å². The van der Waals surface area contributed by atoms with Crippen molar-refractivity contribution in [2.24, 2.45) is 0 Å². The van der Waals surface area contributed by atoms with E-state index in [9.17, 15) is 0 Å². The van der Waals surface area contributed by atoms with E-state index in [4.69, 9.17) is 23.2 Å². The first-order chi connectivity index (χ1) is 13.2. The molecule has 1 aromatic carbocycles. The highest BCUT2D eigenvalue weighted by molar-refractivity contribution is 6.43. The van der Waals surface area contributed by atoms with Crippen molar-refractivity contribution in [1.29, 1.82) is 0 Å². The molecule has 4 nitrogen and oxygen atoms in total. The number of halogens is 2. The molecule has 2 fully saturated rings. The van der Waals surface area contributed by atoms with Crippen molar-refractivity contribution < 1.29 is 0 Å². The number of nitrogens with zero attached hydrogens (tertiary/aromatic N) is 4. The molecule has 3 heterocycles. The molecule has 0 bridgehead atoms. The van der Waals surface area contributed by atoms with Gasteiger partial charge in [0.25, 0.3) is 0 Å². The summed E-state index contributed by atoms with van der Waals surface area (Å²) in [7, 11) is 0. The van der Waals surface area contributed by atoms with Gasteiger partial charge in [-0.2, -0.15) is 0 Å². The van der Waals surface area contributed by atoms with Crippen molar-refractivity contribution in [2.75, 3.05) is 31.1 Å². The Balaban J connectivity index is 1.48. The molecule has 2 aromatic rings. The molecule has 2 saturated heterocycles. The van der Waals surface area contributed by atoms with Crippen LogP contribution in [0.2, 0.25) is 10.0 Å². The molecule has 2 aliphatic rings. The minimum Gasteiger partial charge on any atom is -0.352 e. The molecule has 1 unspecified atom stereocenters. The molecule has 0 radical (unpaired) electrons. The zero-order chi connectivity index (χ0) is 18.6. The van der Waals surface area contributed by atoms with Gasteiger partial charge in [-0.15, -0.1) is 10.2 Å². The van der Waals surface area contributed by atoms with Crippen molar-refractivity contribution in [3.63, 3.8) is 0 Å². The standard InChI is InChI=1S/C21H26Cl2N4/c22-18-8-5-7-17(21(18)23)19-9-10-20(25-24-19)27-14-2-1-6-16(27)11-15-26-12-3-4-13-26/h5,7-10,16H,1-4,6,11-15H2. The third kappa shape index (κ3) is 4.39. The fourth-order valence-corrected chi connectivity index (χ4v) is 4.66. The van der Waals surface area contributed by atoms with Gasteiger partial charge in [0.05, 0.1) is 15.7 Å². The second-order valence-electron chi connectivity index (χ2n) is 7.56. The van der Waals surface area contributed by atoms with Gasteiger partial charge in [0.2, 0.25) is 0 Å². The zero-order valence-corrected chi connectivity index (χ0v) is 17.1. The van der Waals surface area contributed by atoms with Crippen LogP contribution >= 0.6 is 23.2 Å². The third-order valence-electron chi connectivity index (χ3n) is 5.78. The normalized spacial score (nSPS) is 21.0. The van der Waals surface area contributed by atoms with Gasteiger partial charge in [0.15, 0.2) is 5.82 Å².